The van der Waals surface area contributed by atoms with Crippen molar-refractivity contribution in [2.24, 2.45) is 0 Å². The molecule has 57 heavy (non-hydrogen) atoms. The topological polar surface area (TPSA) is 174 Å². The molecule has 4 heterocycles. The van der Waals surface area contributed by atoms with Gasteiger partial charge in [-0.2, -0.15) is 23.1 Å². The number of hydrogen-bond acceptors (Lipinski definition) is 10. The molecule has 14 nitrogen and oxygen atoms in total. The molecule has 2 aliphatic rings. The van der Waals surface area contributed by atoms with E-state index in [1.165, 1.54) is 6.33 Å². The maximum absolute atomic E-state index is 13.7. The van der Waals surface area contributed by atoms with E-state index < -0.39 is 36.4 Å². The number of aromatic nitrogens is 5. The number of benzene rings is 2. The van der Waals surface area contributed by atoms with Gasteiger partial charge in [0.05, 0.1) is 30.6 Å². The van der Waals surface area contributed by atoms with Crippen molar-refractivity contribution in [2.75, 3.05) is 36.4 Å². The van der Waals surface area contributed by atoms with E-state index in [0.29, 0.717) is 48.2 Å². The summed E-state index contributed by atoms with van der Waals surface area (Å²) in [5.74, 6) is -1.46. The van der Waals surface area contributed by atoms with Crippen molar-refractivity contribution in [3.05, 3.63) is 108 Å². The average molecular weight is 787 g/mol. The van der Waals surface area contributed by atoms with Gasteiger partial charge in [0.25, 0.3) is 0 Å². The molecule has 0 spiro atoms. The predicted octanol–water partition coefficient (Wildman–Crippen LogP) is 4.38. The zero-order valence-corrected chi connectivity index (χ0v) is 31.3. The number of halogens is 3. The minimum atomic E-state index is -5.15. The van der Waals surface area contributed by atoms with E-state index in [4.69, 9.17) is 9.97 Å². The quantitative estimate of drug-likeness (QED) is 0.115. The summed E-state index contributed by atoms with van der Waals surface area (Å²) >= 11 is 0. The van der Waals surface area contributed by atoms with Crippen LogP contribution in [0.25, 0.3) is 11.2 Å². The van der Waals surface area contributed by atoms with Crippen LogP contribution in [0.4, 0.5) is 29.7 Å². The van der Waals surface area contributed by atoms with Crippen molar-refractivity contribution in [1.82, 2.24) is 40.0 Å². The summed E-state index contributed by atoms with van der Waals surface area (Å²) in [6, 6.07) is 22.6. The Morgan fingerprint density at radius 1 is 0.947 bits per heavy atom. The van der Waals surface area contributed by atoms with E-state index in [-0.39, 0.29) is 49.6 Å². The first-order chi connectivity index (χ1) is 27.5. The average Bonchev–Trinajstić information content (AvgIpc) is 3.94. The van der Waals surface area contributed by atoms with Gasteiger partial charge in [-0.25, -0.2) is 9.78 Å². The lowest BCUT2D eigenvalue weighted by atomic mass is 9.91. The van der Waals surface area contributed by atoms with Crippen LogP contribution >= 0.6 is 0 Å². The molecule has 17 heteroatoms. The fraction of sp³-hybridized carbons (Fsp3) is 0.400. The predicted molar refractivity (Wildman–Crippen MR) is 206 cm³/mol. The van der Waals surface area contributed by atoms with Crippen LogP contribution in [-0.2, 0) is 11.3 Å². The Kier molecular flexibility index (Phi) is 11.9. The molecule has 300 valence electrons. The molecule has 2 fully saturated rings. The number of rotatable bonds is 13. The molecule has 3 aromatic heterocycles. The maximum Gasteiger partial charge on any atom is 0.471 e. The molecule has 0 bridgehead atoms. The van der Waals surface area contributed by atoms with Gasteiger partial charge < -0.3 is 40.5 Å². The second-order valence-corrected chi connectivity index (χ2v) is 14.4. The van der Waals surface area contributed by atoms with Crippen molar-refractivity contribution in [1.29, 1.82) is 0 Å². The number of alkyl halides is 3. The van der Waals surface area contributed by atoms with Gasteiger partial charge in [0.15, 0.2) is 17.0 Å². The van der Waals surface area contributed by atoms with Gasteiger partial charge >= 0.3 is 18.1 Å². The van der Waals surface area contributed by atoms with E-state index in [1.54, 1.807) is 23.8 Å². The van der Waals surface area contributed by atoms with Gasteiger partial charge in [-0.1, -0.05) is 73.7 Å². The van der Waals surface area contributed by atoms with E-state index in [1.807, 2.05) is 77.7 Å². The van der Waals surface area contributed by atoms with Gasteiger partial charge in [-0.05, 0) is 42.5 Å². The Labute approximate surface area is 327 Å². The van der Waals surface area contributed by atoms with Crippen molar-refractivity contribution < 1.29 is 33.0 Å². The van der Waals surface area contributed by atoms with Crippen LogP contribution < -0.4 is 20.9 Å². The Morgan fingerprint density at radius 2 is 1.65 bits per heavy atom. The standard InChI is InChI=1S/C40H45F3N10O4/c1-2-18-52(37(56)40(41,42)43)30-20-31(34(55)33(30)54)53-24-47-32-35(45-22-29(25-11-5-3-6-12-25)26-13-7-4-8-14-26)49-38(50-36(32)53)51-19-16-28(23-51)48-39(57)46-21-27-15-9-10-17-44-27/h3-15,17,24,28-31,33-34,54-55H,2,16,18-23H2,1H3,(H,45,49,50)(H2,46,48,57)/t28-,30+,31-,33-,34+/m1/s1. The smallest absolute Gasteiger partial charge is 0.388 e. The minimum Gasteiger partial charge on any atom is -0.388 e. The number of carbonyl (C=O) groups is 2. The molecule has 1 saturated heterocycles. The molecular formula is C40H45F3N10O4. The largest absolute Gasteiger partial charge is 0.471 e. The number of nitrogens with one attached hydrogen (secondary N) is 3. The fourth-order valence-electron chi connectivity index (χ4n) is 7.77. The number of urea groups is 1. The molecule has 7 rings (SSSR count). The molecule has 5 aromatic rings. The van der Waals surface area contributed by atoms with Crippen LogP contribution in [0.2, 0.25) is 0 Å². The number of carbonyl (C=O) groups excluding carboxylic acids is 2. The maximum atomic E-state index is 13.7. The highest BCUT2D eigenvalue weighted by Gasteiger charge is 2.51. The third kappa shape index (κ3) is 8.78. The number of amides is 3. The normalized spacial score (nSPS) is 20.9. The van der Waals surface area contributed by atoms with E-state index in [2.05, 4.69) is 25.9 Å². The Balaban J connectivity index is 1.19. The van der Waals surface area contributed by atoms with Gasteiger partial charge in [-0.3, -0.25) is 9.78 Å². The number of aliphatic hydroxyl groups is 2. The fourth-order valence-corrected chi connectivity index (χ4v) is 7.77. The Hall–Kier alpha value is -5.81. The van der Waals surface area contributed by atoms with E-state index >= 15 is 0 Å². The summed E-state index contributed by atoms with van der Waals surface area (Å²) in [7, 11) is 0. The highest BCUT2D eigenvalue weighted by molar-refractivity contribution is 5.85. The number of imidazole rings is 1. The van der Waals surface area contributed by atoms with Crippen molar-refractivity contribution in [3.63, 3.8) is 0 Å². The lowest BCUT2D eigenvalue weighted by molar-refractivity contribution is -0.190. The highest BCUT2D eigenvalue weighted by Crippen LogP contribution is 2.38. The summed E-state index contributed by atoms with van der Waals surface area (Å²) in [5.41, 5.74) is 3.49. The minimum absolute atomic E-state index is 0.0869. The first-order valence-electron chi connectivity index (χ1n) is 19.0. The lowest BCUT2D eigenvalue weighted by Crippen LogP contribution is -2.51. The molecule has 0 unspecified atom stereocenters. The number of pyridine rings is 1. The number of hydrogen-bond donors (Lipinski definition) is 5. The van der Waals surface area contributed by atoms with Gasteiger partial charge in [0.2, 0.25) is 5.95 Å². The SMILES string of the molecule is CCCN(C(=O)C(F)(F)F)[C@H]1C[C@@H](n2cnc3c(NCC(c4ccccc4)c4ccccc4)nc(N4CC[C@@H](NC(=O)NCc5ccccn5)C4)nc32)[C@H](O)[C@@H]1O. The zero-order valence-electron chi connectivity index (χ0n) is 31.3. The molecule has 1 saturated carbocycles. The first kappa shape index (κ1) is 39.4. The molecule has 2 aromatic carbocycles. The van der Waals surface area contributed by atoms with Crippen molar-refractivity contribution in [3.8, 4) is 0 Å². The summed E-state index contributed by atoms with van der Waals surface area (Å²) in [4.78, 5) is 46.5. The van der Waals surface area contributed by atoms with E-state index in [0.717, 1.165) is 16.8 Å². The third-order valence-corrected chi connectivity index (χ3v) is 10.6. The van der Waals surface area contributed by atoms with Gasteiger partial charge in [0, 0.05) is 44.3 Å². The Bertz CT molecular complexity index is 2090. The summed E-state index contributed by atoms with van der Waals surface area (Å²) in [6.45, 7) is 2.93. The monoisotopic (exact) mass is 786 g/mol. The van der Waals surface area contributed by atoms with E-state index in [9.17, 15) is 33.0 Å². The van der Waals surface area contributed by atoms with Crippen molar-refractivity contribution in [2.45, 2.75) is 75.2 Å². The van der Waals surface area contributed by atoms with Gasteiger partial charge in [-0.15, -0.1) is 0 Å². The van der Waals surface area contributed by atoms with Crippen LogP contribution in [0, 0.1) is 0 Å². The highest BCUT2D eigenvalue weighted by atomic mass is 19.4. The number of anilines is 2. The molecular weight excluding hydrogens is 741 g/mol. The Morgan fingerprint density at radius 3 is 2.30 bits per heavy atom. The number of aliphatic hydroxyl groups excluding tert-OH is 2. The molecule has 1 aliphatic heterocycles. The summed E-state index contributed by atoms with van der Waals surface area (Å²) in [5, 5.41) is 31.8. The number of nitrogens with zero attached hydrogens (tertiary/aromatic N) is 7. The van der Waals surface area contributed by atoms with Gasteiger partial charge in [0.1, 0.15) is 12.2 Å². The molecule has 0 radical (unpaired) electrons. The second-order valence-electron chi connectivity index (χ2n) is 14.4. The summed E-state index contributed by atoms with van der Waals surface area (Å²) in [6.07, 6.45) is -4.62. The molecule has 5 atom stereocenters. The zero-order chi connectivity index (χ0) is 40.1. The van der Waals surface area contributed by atoms with Crippen LogP contribution in [0.1, 0.15) is 55.0 Å². The molecule has 5 N–H and O–H groups in total. The molecule has 3 amide bonds. The second kappa shape index (κ2) is 17.1. The summed E-state index contributed by atoms with van der Waals surface area (Å²) < 4.78 is 42.5. The first-order valence-corrected chi connectivity index (χ1v) is 19.0. The third-order valence-electron chi connectivity index (χ3n) is 10.6. The lowest BCUT2D eigenvalue weighted by Gasteiger charge is -2.31. The number of fused-ring (bicyclic) bond motifs is 1. The van der Waals surface area contributed by atoms with Crippen LogP contribution in [-0.4, -0.2) is 108 Å². The van der Waals surface area contributed by atoms with Crippen molar-refractivity contribution >= 4 is 34.9 Å². The molecule has 1 aliphatic carbocycles. The van der Waals surface area contributed by atoms with Crippen LogP contribution in [0.5, 0.6) is 0 Å². The van der Waals surface area contributed by atoms with Crippen LogP contribution in [0.3, 0.4) is 0 Å². The van der Waals surface area contributed by atoms with Crippen LogP contribution in [0.15, 0.2) is 91.4 Å².